The molecule has 1 unspecified atom stereocenters. The maximum Gasteiger partial charge on any atom is 0.131 e. The van der Waals surface area contributed by atoms with Gasteiger partial charge in [-0.25, -0.2) is 8.78 Å². The summed E-state index contributed by atoms with van der Waals surface area (Å²) in [5.41, 5.74) is 0.589. The van der Waals surface area contributed by atoms with Crippen LogP contribution in [0.5, 0.6) is 5.75 Å². The highest BCUT2D eigenvalue weighted by molar-refractivity contribution is 5.33. The second-order valence-corrected chi connectivity index (χ2v) is 4.59. The Kier molecular flexibility index (Phi) is 5.25. The fourth-order valence-corrected chi connectivity index (χ4v) is 2.12. The van der Waals surface area contributed by atoms with E-state index in [2.05, 4.69) is 5.32 Å². The molecular formula is C16H17F2NO2. The lowest BCUT2D eigenvalue weighted by Crippen LogP contribution is -2.22. The Morgan fingerprint density at radius 2 is 1.76 bits per heavy atom. The van der Waals surface area contributed by atoms with E-state index in [1.807, 2.05) is 24.3 Å². The second kappa shape index (κ2) is 7.15. The molecule has 21 heavy (non-hydrogen) atoms. The van der Waals surface area contributed by atoms with E-state index in [4.69, 9.17) is 4.74 Å². The van der Waals surface area contributed by atoms with E-state index in [1.165, 1.54) is 6.07 Å². The third kappa shape index (κ3) is 3.77. The normalized spacial score (nSPS) is 12.2. The van der Waals surface area contributed by atoms with Gasteiger partial charge >= 0.3 is 0 Å². The van der Waals surface area contributed by atoms with Crippen molar-refractivity contribution in [3.05, 3.63) is 65.2 Å². The summed E-state index contributed by atoms with van der Waals surface area (Å²) in [7, 11) is 1.57. The van der Waals surface area contributed by atoms with E-state index in [9.17, 15) is 13.9 Å². The van der Waals surface area contributed by atoms with Gasteiger partial charge in [-0.2, -0.15) is 0 Å². The smallest absolute Gasteiger partial charge is 0.131 e. The van der Waals surface area contributed by atoms with Crippen molar-refractivity contribution < 1.29 is 18.6 Å². The topological polar surface area (TPSA) is 41.5 Å². The van der Waals surface area contributed by atoms with Gasteiger partial charge in [0.2, 0.25) is 0 Å². The molecule has 0 amide bonds. The van der Waals surface area contributed by atoms with Crippen molar-refractivity contribution in [1.82, 2.24) is 5.32 Å². The van der Waals surface area contributed by atoms with Gasteiger partial charge in [0.15, 0.2) is 0 Å². The van der Waals surface area contributed by atoms with Crippen LogP contribution < -0.4 is 10.1 Å². The number of aliphatic hydroxyl groups is 1. The fraction of sp³-hybridized carbons (Fsp3) is 0.250. The molecule has 0 aliphatic carbocycles. The summed E-state index contributed by atoms with van der Waals surface area (Å²) in [5.74, 6) is -0.778. The SMILES string of the molecule is COc1ccccc1CNCC(O)c1c(F)cccc1F. The molecule has 0 bridgehead atoms. The van der Waals surface area contributed by atoms with Crippen LogP contribution in [0.25, 0.3) is 0 Å². The minimum atomic E-state index is -1.25. The molecule has 112 valence electrons. The summed E-state index contributed by atoms with van der Waals surface area (Å²) in [6.07, 6.45) is -1.25. The number of halogens is 2. The summed E-state index contributed by atoms with van der Waals surface area (Å²) in [6, 6.07) is 10.9. The molecule has 0 saturated carbocycles. The zero-order chi connectivity index (χ0) is 15.2. The first kappa shape index (κ1) is 15.4. The Bertz CT molecular complexity index is 584. The third-order valence-corrected chi connectivity index (χ3v) is 3.18. The minimum Gasteiger partial charge on any atom is -0.496 e. The zero-order valence-electron chi connectivity index (χ0n) is 11.6. The average molecular weight is 293 g/mol. The van der Waals surface area contributed by atoms with E-state index < -0.39 is 17.7 Å². The molecule has 0 heterocycles. The summed E-state index contributed by atoms with van der Waals surface area (Å²) in [4.78, 5) is 0. The van der Waals surface area contributed by atoms with Crippen molar-refractivity contribution in [2.75, 3.05) is 13.7 Å². The first-order chi connectivity index (χ1) is 10.1. The van der Waals surface area contributed by atoms with E-state index >= 15 is 0 Å². The number of rotatable bonds is 6. The highest BCUT2D eigenvalue weighted by Crippen LogP contribution is 2.21. The van der Waals surface area contributed by atoms with Crippen molar-refractivity contribution in [1.29, 1.82) is 0 Å². The molecule has 1 atom stereocenters. The molecule has 0 aromatic heterocycles. The van der Waals surface area contributed by atoms with E-state index in [-0.39, 0.29) is 12.1 Å². The number of hydrogen-bond donors (Lipinski definition) is 2. The number of para-hydroxylation sites is 1. The summed E-state index contributed by atoms with van der Waals surface area (Å²) >= 11 is 0. The first-order valence-corrected chi connectivity index (χ1v) is 6.58. The number of methoxy groups -OCH3 is 1. The van der Waals surface area contributed by atoms with Crippen LogP contribution in [0.2, 0.25) is 0 Å². The standard InChI is InChI=1S/C16H17F2NO2/c1-21-15-8-3-2-5-11(15)9-19-10-14(20)16-12(17)6-4-7-13(16)18/h2-8,14,19-20H,9-10H2,1H3. The molecule has 2 N–H and O–H groups in total. The van der Waals surface area contributed by atoms with Gasteiger partial charge in [0, 0.05) is 18.7 Å². The minimum absolute atomic E-state index is 0.0376. The molecule has 3 nitrogen and oxygen atoms in total. The van der Waals surface area contributed by atoms with Crippen molar-refractivity contribution in [3.63, 3.8) is 0 Å². The van der Waals surface area contributed by atoms with Crippen LogP contribution in [-0.2, 0) is 6.54 Å². The molecule has 0 radical (unpaired) electrons. The third-order valence-electron chi connectivity index (χ3n) is 3.18. The van der Waals surface area contributed by atoms with E-state index in [1.54, 1.807) is 7.11 Å². The van der Waals surface area contributed by atoms with Crippen LogP contribution in [0, 0.1) is 11.6 Å². The fourth-order valence-electron chi connectivity index (χ4n) is 2.12. The Balaban J connectivity index is 1.97. The van der Waals surface area contributed by atoms with Crippen LogP contribution >= 0.6 is 0 Å². The molecule has 2 rings (SSSR count). The molecule has 0 aliphatic heterocycles. The molecule has 0 saturated heterocycles. The number of nitrogens with one attached hydrogen (secondary N) is 1. The van der Waals surface area contributed by atoms with Gasteiger partial charge in [-0.15, -0.1) is 0 Å². The molecular weight excluding hydrogens is 276 g/mol. The lowest BCUT2D eigenvalue weighted by Gasteiger charge is -2.15. The quantitative estimate of drug-likeness (QED) is 0.860. The number of benzene rings is 2. The van der Waals surface area contributed by atoms with Crippen molar-refractivity contribution in [2.24, 2.45) is 0 Å². The van der Waals surface area contributed by atoms with Crippen molar-refractivity contribution >= 4 is 0 Å². The van der Waals surface area contributed by atoms with Gasteiger partial charge in [-0.1, -0.05) is 24.3 Å². The number of aliphatic hydroxyl groups excluding tert-OH is 1. The average Bonchev–Trinajstić information content (AvgIpc) is 2.47. The van der Waals surface area contributed by atoms with Crippen LogP contribution in [0.1, 0.15) is 17.2 Å². The summed E-state index contributed by atoms with van der Waals surface area (Å²) < 4.78 is 32.2. The summed E-state index contributed by atoms with van der Waals surface area (Å²) in [5, 5.41) is 12.9. The van der Waals surface area contributed by atoms with Gasteiger partial charge in [-0.05, 0) is 18.2 Å². The Labute approximate surface area is 122 Å². The molecule has 5 heteroatoms. The number of ether oxygens (including phenoxy) is 1. The second-order valence-electron chi connectivity index (χ2n) is 4.59. The largest absolute Gasteiger partial charge is 0.496 e. The Hall–Kier alpha value is -1.98. The first-order valence-electron chi connectivity index (χ1n) is 6.58. The highest BCUT2D eigenvalue weighted by atomic mass is 19.1. The van der Waals surface area contributed by atoms with Gasteiger partial charge < -0.3 is 15.2 Å². The van der Waals surface area contributed by atoms with Gasteiger partial charge in [0.1, 0.15) is 17.4 Å². The van der Waals surface area contributed by atoms with Crippen molar-refractivity contribution in [2.45, 2.75) is 12.6 Å². The summed E-state index contributed by atoms with van der Waals surface area (Å²) in [6.45, 7) is 0.465. The van der Waals surface area contributed by atoms with E-state index in [0.717, 1.165) is 23.4 Å². The van der Waals surface area contributed by atoms with Crippen LogP contribution in [0.15, 0.2) is 42.5 Å². The Morgan fingerprint density at radius 1 is 1.10 bits per heavy atom. The molecule has 2 aromatic carbocycles. The monoisotopic (exact) mass is 293 g/mol. The van der Waals surface area contributed by atoms with Crippen LogP contribution in [0.4, 0.5) is 8.78 Å². The maximum absolute atomic E-state index is 13.5. The molecule has 0 aliphatic rings. The predicted octanol–water partition coefficient (Wildman–Crippen LogP) is 2.80. The molecule has 2 aromatic rings. The number of hydrogen-bond acceptors (Lipinski definition) is 3. The van der Waals surface area contributed by atoms with E-state index in [0.29, 0.717) is 6.54 Å². The molecule has 0 fully saturated rings. The van der Waals surface area contributed by atoms with Gasteiger partial charge in [0.25, 0.3) is 0 Å². The zero-order valence-corrected chi connectivity index (χ0v) is 11.6. The lowest BCUT2D eigenvalue weighted by atomic mass is 10.1. The van der Waals surface area contributed by atoms with Crippen molar-refractivity contribution in [3.8, 4) is 5.75 Å². The Morgan fingerprint density at radius 3 is 2.43 bits per heavy atom. The van der Waals surface area contributed by atoms with Crippen LogP contribution in [0.3, 0.4) is 0 Å². The maximum atomic E-state index is 13.5. The lowest BCUT2D eigenvalue weighted by molar-refractivity contribution is 0.164. The van der Waals surface area contributed by atoms with Gasteiger partial charge in [0.05, 0.1) is 18.8 Å². The molecule has 0 spiro atoms. The van der Waals surface area contributed by atoms with Crippen LogP contribution in [-0.4, -0.2) is 18.8 Å². The van der Waals surface area contributed by atoms with Gasteiger partial charge in [-0.3, -0.25) is 0 Å². The highest BCUT2D eigenvalue weighted by Gasteiger charge is 2.17. The predicted molar refractivity (Wildman–Crippen MR) is 76.0 cm³/mol.